The van der Waals surface area contributed by atoms with Gasteiger partial charge in [0.2, 0.25) is 0 Å². The number of carbonyl (C=O) groups is 2. The first-order chi connectivity index (χ1) is 15.3. The molecule has 0 saturated heterocycles. The van der Waals surface area contributed by atoms with Crippen molar-refractivity contribution in [2.75, 3.05) is 19.7 Å². The van der Waals surface area contributed by atoms with Crippen molar-refractivity contribution in [2.45, 2.75) is 53.7 Å². The molecule has 0 bridgehead atoms. The molecule has 0 spiro atoms. The lowest BCUT2D eigenvalue weighted by Gasteiger charge is -2.25. The highest BCUT2D eigenvalue weighted by Crippen LogP contribution is 2.33. The highest BCUT2D eigenvalue weighted by atomic mass is 16.5. The second-order valence-electron chi connectivity index (χ2n) is 8.56. The quantitative estimate of drug-likeness (QED) is 0.401. The van der Waals surface area contributed by atoms with E-state index in [-0.39, 0.29) is 17.9 Å². The number of benzene rings is 2. The monoisotopic (exact) mass is 434 g/mol. The van der Waals surface area contributed by atoms with Gasteiger partial charge in [0.05, 0.1) is 11.7 Å². The molecule has 0 saturated carbocycles. The van der Waals surface area contributed by atoms with E-state index in [1.807, 2.05) is 88.0 Å². The van der Waals surface area contributed by atoms with Gasteiger partial charge in [-0.3, -0.25) is 14.5 Å². The summed E-state index contributed by atoms with van der Waals surface area (Å²) in [4.78, 5) is 30.4. The molecule has 5 heteroatoms. The molecule has 0 aliphatic carbocycles. The molecule has 0 unspecified atom stereocenters. The largest absolute Gasteiger partial charge is 0.379 e. The number of hydrogen-bond acceptors (Lipinski definition) is 4. The van der Waals surface area contributed by atoms with Gasteiger partial charge >= 0.3 is 0 Å². The van der Waals surface area contributed by atoms with Crippen LogP contribution in [0.3, 0.4) is 0 Å². The van der Waals surface area contributed by atoms with Crippen LogP contribution in [0.15, 0.2) is 54.2 Å². The van der Waals surface area contributed by atoms with E-state index in [9.17, 15) is 9.59 Å². The Morgan fingerprint density at radius 2 is 1.69 bits per heavy atom. The summed E-state index contributed by atoms with van der Waals surface area (Å²) in [6.07, 6.45) is 0.745. The summed E-state index contributed by atoms with van der Waals surface area (Å²) in [7, 11) is 0. The predicted octanol–water partition coefficient (Wildman–Crippen LogP) is 4.72. The molecular formula is C27H34N2O3. The topological polar surface area (TPSA) is 49.9 Å². The van der Waals surface area contributed by atoms with Gasteiger partial charge in [-0.15, -0.1) is 0 Å². The number of aryl methyl sites for hydroxylation is 2. The van der Waals surface area contributed by atoms with E-state index >= 15 is 0 Å². The summed E-state index contributed by atoms with van der Waals surface area (Å²) in [6.45, 7) is 12.1. The molecule has 1 heterocycles. The first-order valence-corrected chi connectivity index (χ1v) is 11.4. The SMILES string of the molecule is CCN(Cc1ccccc1)C1=C(c2ccc(C)c(C)c2)C(=O)N(CCCOC(C)C)C1=O. The third-order valence-electron chi connectivity index (χ3n) is 5.83. The summed E-state index contributed by atoms with van der Waals surface area (Å²) in [5, 5.41) is 0. The Labute approximate surface area is 191 Å². The molecular weight excluding hydrogens is 400 g/mol. The van der Waals surface area contributed by atoms with Crippen LogP contribution in [0.5, 0.6) is 0 Å². The van der Waals surface area contributed by atoms with Crippen molar-refractivity contribution >= 4 is 17.4 Å². The molecule has 0 N–H and O–H groups in total. The lowest BCUT2D eigenvalue weighted by molar-refractivity contribution is -0.137. The van der Waals surface area contributed by atoms with Crippen LogP contribution in [0.25, 0.3) is 5.57 Å². The average molecular weight is 435 g/mol. The standard InChI is InChI=1S/C27H34N2O3/c1-6-28(18-22-11-8-7-9-12-22)25-24(23-14-13-20(4)21(5)17-23)26(30)29(27(25)31)15-10-16-32-19(2)3/h7-9,11-14,17,19H,6,10,15-16,18H2,1-5H3. The minimum Gasteiger partial charge on any atom is -0.379 e. The number of rotatable bonds is 10. The molecule has 1 aliphatic heterocycles. The van der Waals surface area contributed by atoms with Gasteiger partial charge in [-0.05, 0) is 63.3 Å². The van der Waals surface area contributed by atoms with Crippen LogP contribution in [0.4, 0.5) is 0 Å². The third kappa shape index (κ3) is 5.28. The minimum atomic E-state index is -0.218. The molecule has 0 radical (unpaired) electrons. The maximum Gasteiger partial charge on any atom is 0.277 e. The number of hydrogen-bond donors (Lipinski definition) is 0. The maximum absolute atomic E-state index is 13.5. The van der Waals surface area contributed by atoms with Crippen molar-refractivity contribution in [1.82, 2.24) is 9.80 Å². The van der Waals surface area contributed by atoms with Gasteiger partial charge in [-0.1, -0.05) is 48.5 Å². The van der Waals surface area contributed by atoms with Crippen molar-refractivity contribution in [3.63, 3.8) is 0 Å². The van der Waals surface area contributed by atoms with E-state index in [0.29, 0.717) is 43.9 Å². The van der Waals surface area contributed by atoms with Crippen LogP contribution in [-0.4, -0.2) is 47.4 Å². The van der Waals surface area contributed by atoms with Crippen LogP contribution in [0.2, 0.25) is 0 Å². The summed E-state index contributed by atoms with van der Waals surface area (Å²) in [5.74, 6) is -0.435. The smallest absolute Gasteiger partial charge is 0.277 e. The lowest BCUT2D eigenvalue weighted by atomic mass is 9.99. The molecule has 2 aromatic rings. The van der Waals surface area contributed by atoms with E-state index in [4.69, 9.17) is 4.74 Å². The van der Waals surface area contributed by atoms with Crippen molar-refractivity contribution in [3.05, 3.63) is 76.5 Å². The Balaban J connectivity index is 1.97. The van der Waals surface area contributed by atoms with Gasteiger partial charge in [0, 0.05) is 26.2 Å². The fraction of sp³-hybridized carbons (Fsp3) is 0.407. The second kappa shape index (κ2) is 10.6. The zero-order chi connectivity index (χ0) is 23.3. The van der Waals surface area contributed by atoms with Crippen molar-refractivity contribution < 1.29 is 14.3 Å². The Hall–Kier alpha value is -2.92. The summed E-state index contributed by atoms with van der Waals surface area (Å²) in [5.41, 5.74) is 5.16. The molecule has 0 fully saturated rings. The lowest BCUT2D eigenvalue weighted by Crippen LogP contribution is -2.36. The fourth-order valence-corrected chi connectivity index (χ4v) is 3.91. The molecule has 2 amide bonds. The van der Waals surface area contributed by atoms with Crippen LogP contribution < -0.4 is 0 Å². The fourth-order valence-electron chi connectivity index (χ4n) is 3.91. The Kier molecular flexibility index (Phi) is 7.86. The average Bonchev–Trinajstić information content (AvgIpc) is 3.02. The second-order valence-corrected chi connectivity index (χ2v) is 8.56. The summed E-state index contributed by atoms with van der Waals surface area (Å²) < 4.78 is 5.61. The first kappa shape index (κ1) is 23.7. The number of imide groups is 1. The summed E-state index contributed by atoms with van der Waals surface area (Å²) in [6, 6.07) is 16.0. The van der Waals surface area contributed by atoms with E-state index in [2.05, 4.69) is 0 Å². The molecule has 3 rings (SSSR count). The normalized spacial score (nSPS) is 14.1. The van der Waals surface area contributed by atoms with Gasteiger partial charge in [0.1, 0.15) is 5.70 Å². The van der Waals surface area contributed by atoms with Gasteiger partial charge in [0.25, 0.3) is 11.8 Å². The molecule has 1 aliphatic rings. The molecule has 32 heavy (non-hydrogen) atoms. The molecule has 2 aromatic carbocycles. The van der Waals surface area contributed by atoms with Crippen LogP contribution in [0, 0.1) is 13.8 Å². The van der Waals surface area contributed by atoms with Gasteiger partial charge in [0.15, 0.2) is 0 Å². The zero-order valence-corrected chi connectivity index (χ0v) is 19.9. The van der Waals surface area contributed by atoms with Gasteiger partial charge in [-0.25, -0.2) is 0 Å². The number of carbonyl (C=O) groups excluding carboxylic acids is 2. The summed E-state index contributed by atoms with van der Waals surface area (Å²) >= 11 is 0. The number of ether oxygens (including phenoxy) is 1. The molecule has 0 atom stereocenters. The Morgan fingerprint density at radius 3 is 2.31 bits per heavy atom. The zero-order valence-electron chi connectivity index (χ0n) is 19.9. The van der Waals surface area contributed by atoms with Gasteiger partial charge < -0.3 is 9.64 Å². The molecule has 5 nitrogen and oxygen atoms in total. The van der Waals surface area contributed by atoms with Crippen molar-refractivity contribution in [2.24, 2.45) is 0 Å². The Bertz CT molecular complexity index is 995. The van der Waals surface area contributed by atoms with E-state index in [1.165, 1.54) is 4.90 Å². The maximum atomic E-state index is 13.5. The van der Waals surface area contributed by atoms with Gasteiger partial charge in [-0.2, -0.15) is 0 Å². The molecule has 170 valence electrons. The first-order valence-electron chi connectivity index (χ1n) is 11.4. The number of amides is 2. The minimum absolute atomic E-state index is 0.126. The Morgan fingerprint density at radius 1 is 0.969 bits per heavy atom. The van der Waals surface area contributed by atoms with E-state index < -0.39 is 0 Å². The third-order valence-corrected chi connectivity index (χ3v) is 5.83. The van der Waals surface area contributed by atoms with Crippen LogP contribution >= 0.6 is 0 Å². The highest BCUT2D eigenvalue weighted by molar-refractivity contribution is 6.35. The van der Waals surface area contributed by atoms with Crippen molar-refractivity contribution in [1.29, 1.82) is 0 Å². The number of likely N-dealkylation sites (N-methyl/N-ethyl adjacent to an activating group) is 1. The van der Waals surface area contributed by atoms with Crippen LogP contribution in [0.1, 0.15) is 49.4 Å². The van der Waals surface area contributed by atoms with Crippen molar-refractivity contribution in [3.8, 4) is 0 Å². The molecule has 0 aromatic heterocycles. The predicted molar refractivity (Wildman–Crippen MR) is 128 cm³/mol. The van der Waals surface area contributed by atoms with E-state index in [1.54, 1.807) is 0 Å². The highest BCUT2D eigenvalue weighted by Gasteiger charge is 2.41. The van der Waals surface area contributed by atoms with E-state index in [0.717, 1.165) is 22.3 Å². The van der Waals surface area contributed by atoms with Crippen LogP contribution in [-0.2, 0) is 20.9 Å². The number of nitrogens with zero attached hydrogens (tertiary/aromatic N) is 2.